The van der Waals surface area contributed by atoms with E-state index in [4.69, 9.17) is 9.15 Å². The summed E-state index contributed by atoms with van der Waals surface area (Å²) in [5, 5.41) is 9.54. The Labute approximate surface area is 87.8 Å². The summed E-state index contributed by atoms with van der Waals surface area (Å²) in [5.41, 5.74) is 0.588. The minimum absolute atomic E-state index is 0.126. The third-order valence-electron chi connectivity index (χ3n) is 2.24. The highest BCUT2D eigenvalue weighted by Crippen LogP contribution is 2.23. The molecular formula is C11H14O4. The second-order valence-corrected chi connectivity index (χ2v) is 3.22. The number of hydrogen-bond acceptors (Lipinski definition) is 4. The second-order valence-electron chi connectivity index (χ2n) is 3.22. The Bertz CT molecular complexity index is 431. The summed E-state index contributed by atoms with van der Waals surface area (Å²) in [6, 6.07) is 0. The highest BCUT2D eigenvalue weighted by Gasteiger charge is 2.17. The predicted octanol–water partition coefficient (Wildman–Crippen LogP) is 1.48. The van der Waals surface area contributed by atoms with Gasteiger partial charge < -0.3 is 14.3 Å². The third-order valence-corrected chi connectivity index (χ3v) is 2.24. The molecule has 0 aromatic carbocycles. The molecule has 0 radical (unpaired) electrons. The standard InChI is InChI=1S/C11H14O4/c1-5-8(12)10-6(2)9(13)7(3)11(14-4)15-10/h5,8,12H,1H2,2-4H3/t8-/m1/s1. The van der Waals surface area contributed by atoms with E-state index < -0.39 is 6.10 Å². The van der Waals surface area contributed by atoms with E-state index in [-0.39, 0.29) is 17.1 Å². The molecule has 0 aliphatic carbocycles. The first-order valence-corrected chi connectivity index (χ1v) is 4.51. The monoisotopic (exact) mass is 210 g/mol. The predicted molar refractivity (Wildman–Crippen MR) is 56.2 cm³/mol. The maximum atomic E-state index is 11.7. The van der Waals surface area contributed by atoms with Gasteiger partial charge >= 0.3 is 0 Å². The van der Waals surface area contributed by atoms with Crippen LogP contribution in [0.1, 0.15) is 23.0 Å². The van der Waals surface area contributed by atoms with Crippen molar-refractivity contribution in [3.05, 3.63) is 39.8 Å². The largest absolute Gasteiger partial charge is 0.468 e. The topological polar surface area (TPSA) is 59.7 Å². The first kappa shape index (κ1) is 11.5. The van der Waals surface area contributed by atoms with Crippen LogP contribution in [0.3, 0.4) is 0 Å². The van der Waals surface area contributed by atoms with Gasteiger partial charge in [0, 0.05) is 5.56 Å². The van der Waals surface area contributed by atoms with E-state index in [0.29, 0.717) is 11.1 Å². The molecule has 0 unspecified atom stereocenters. The molecule has 0 spiro atoms. The van der Waals surface area contributed by atoms with Crippen molar-refractivity contribution in [2.24, 2.45) is 0 Å². The Morgan fingerprint density at radius 3 is 2.53 bits per heavy atom. The maximum absolute atomic E-state index is 11.7. The molecule has 0 fully saturated rings. The van der Waals surface area contributed by atoms with Crippen molar-refractivity contribution < 1.29 is 14.3 Å². The Morgan fingerprint density at radius 1 is 1.47 bits per heavy atom. The second kappa shape index (κ2) is 4.31. The summed E-state index contributed by atoms with van der Waals surface area (Å²) in [6.45, 7) is 6.64. The van der Waals surface area contributed by atoms with Crippen LogP contribution in [0.25, 0.3) is 0 Å². The SMILES string of the molecule is C=C[C@@H](O)c1oc(OC)c(C)c(=O)c1C. The van der Waals surface area contributed by atoms with Gasteiger partial charge in [-0.05, 0) is 13.8 Å². The molecule has 0 saturated carbocycles. The van der Waals surface area contributed by atoms with Crippen LogP contribution in [-0.4, -0.2) is 12.2 Å². The van der Waals surface area contributed by atoms with Gasteiger partial charge in [0.15, 0.2) is 5.43 Å². The molecule has 82 valence electrons. The van der Waals surface area contributed by atoms with Gasteiger partial charge in [-0.3, -0.25) is 4.79 Å². The van der Waals surface area contributed by atoms with E-state index in [0.717, 1.165) is 0 Å². The molecule has 1 heterocycles. The normalized spacial score (nSPS) is 12.3. The summed E-state index contributed by atoms with van der Waals surface area (Å²) in [5.74, 6) is 0.305. The molecule has 0 saturated heterocycles. The maximum Gasteiger partial charge on any atom is 0.291 e. The Morgan fingerprint density at radius 2 is 2.07 bits per heavy atom. The van der Waals surface area contributed by atoms with Crippen molar-refractivity contribution in [2.75, 3.05) is 7.11 Å². The van der Waals surface area contributed by atoms with E-state index >= 15 is 0 Å². The Kier molecular flexibility index (Phi) is 3.31. The van der Waals surface area contributed by atoms with Gasteiger partial charge in [0.2, 0.25) is 0 Å². The van der Waals surface area contributed by atoms with Crippen molar-refractivity contribution in [3.63, 3.8) is 0 Å². The third kappa shape index (κ3) is 1.94. The number of methoxy groups -OCH3 is 1. The van der Waals surface area contributed by atoms with E-state index in [1.54, 1.807) is 13.8 Å². The molecule has 4 heteroatoms. The quantitative estimate of drug-likeness (QED) is 0.768. The zero-order valence-corrected chi connectivity index (χ0v) is 9.03. The molecule has 4 nitrogen and oxygen atoms in total. The highest BCUT2D eigenvalue weighted by molar-refractivity contribution is 5.31. The number of hydrogen-bond donors (Lipinski definition) is 1. The van der Waals surface area contributed by atoms with Gasteiger partial charge in [0.1, 0.15) is 11.9 Å². The first-order chi connectivity index (χ1) is 7.02. The molecule has 0 aliphatic rings. The number of aliphatic hydroxyl groups is 1. The van der Waals surface area contributed by atoms with Gasteiger partial charge in [0.05, 0.1) is 12.7 Å². The van der Waals surface area contributed by atoms with Crippen LogP contribution in [0.15, 0.2) is 21.9 Å². The van der Waals surface area contributed by atoms with Crippen molar-refractivity contribution in [1.82, 2.24) is 0 Å². The lowest BCUT2D eigenvalue weighted by atomic mass is 10.1. The molecule has 0 bridgehead atoms. The first-order valence-electron chi connectivity index (χ1n) is 4.51. The summed E-state index contributed by atoms with van der Waals surface area (Å²) < 4.78 is 10.2. The van der Waals surface area contributed by atoms with Crippen LogP contribution in [0.2, 0.25) is 0 Å². The average Bonchev–Trinajstić information content (AvgIpc) is 2.25. The average molecular weight is 210 g/mol. The van der Waals surface area contributed by atoms with Crippen molar-refractivity contribution in [1.29, 1.82) is 0 Å². The lowest BCUT2D eigenvalue weighted by Gasteiger charge is -2.11. The molecule has 0 aliphatic heterocycles. The fourth-order valence-corrected chi connectivity index (χ4v) is 1.32. The van der Waals surface area contributed by atoms with Crippen molar-refractivity contribution >= 4 is 0 Å². The summed E-state index contributed by atoms with van der Waals surface area (Å²) in [6.07, 6.45) is 0.298. The molecule has 1 rings (SSSR count). The minimum Gasteiger partial charge on any atom is -0.468 e. The van der Waals surface area contributed by atoms with E-state index in [1.807, 2.05) is 0 Å². The van der Waals surface area contributed by atoms with E-state index in [2.05, 4.69) is 6.58 Å². The van der Waals surface area contributed by atoms with Gasteiger partial charge in [-0.25, -0.2) is 0 Å². The van der Waals surface area contributed by atoms with Crippen LogP contribution >= 0.6 is 0 Å². The molecule has 1 N–H and O–H groups in total. The van der Waals surface area contributed by atoms with Crippen molar-refractivity contribution in [3.8, 4) is 5.95 Å². The van der Waals surface area contributed by atoms with Crippen LogP contribution < -0.4 is 10.2 Å². The summed E-state index contributed by atoms with van der Waals surface area (Å²) in [7, 11) is 1.41. The summed E-state index contributed by atoms with van der Waals surface area (Å²) >= 11 is 0. The number of ether oxygens (including phenoxy) is 1. The van der Waals surface area contributed by atoms with Gasteiger partial charge in [0.25, 0.3) is 5.95 Å². The Hall–Kier alpha value is -1.55. The fraction of sp³-hybridized carbons (Fsp3) is 0.364. The van der Waals surface area contributed by atoms with Gasteiger partial charge in [-0.1, -0.05) is 6.08 Å². The van der Waals surface area contributed by atoms with Crippen LogP contribution in [0, 0.1) is 13.8 Å². The van der Waals surface area contributed by atoms with Crippen LogP contribution in [0.4, 0.5) is 0 Å². The molecule has 1 aromatic rings. The molecular weight excluding hydrogens is 196 g/mol. The van der Waals surface area contributed by atoms with Crippen LogP contribution in [-0.2, 0) is 0 Å². The van der Waals surface area contributed by atoms with E-state index in [1.165, 1.54) is 13.2 Å². The zero-order chi connectivity index (χ0) is 11.6. The number of aliphatic hydroxyl groups excluding tert-OH is 1. The Balaban J connectivity index is 3.48. The highest BCUT2D eigenvalue weighted by atomic mass is 16.6. The zero-order valence-electron chi connectivity index (χ0n) is 9.03. The molecule has 15 heavy (non-hydrogen) atoms. The smallest absolute Gasteiger partial charge is 0.291 e. The minimum atomic E-state index is -0.993. The molecule has 1 aromatic heterocycles. The van der Waals surface area contributed by atoms with Gasteiger partial charge in [-0.2, -0.15) is 0 Å². The number of rotatable bonds is 3. The molecule has 0 amide bonds. The summed E-state index contributed by atoms with van der Waals surface area (Å²) in [4.78, 5) is 11.7. The van der Waals surface area contributed by atoms with Gasteiger partial charge in [-0.15, -0.1) is 6.58 Å². The lowest BCUT2D eigenvalue weighted by Crippen LogP contribution is -2.14. The van der Waals surface area contributed by atoms with Crippen molar-refractivity contribution in [2.45, 2.75) is 20.0 Å². The molecule has 1 atom stereocenters. The van der Waals surface area contributed by atoms with E-state index in [9.17, 15) is 9.90 Å². The lowest BCUT2D eigenvalue weighted by molar-refractivity contribution is 0.175. The van der Waals surface area contributed by atoms with Crippen LogP contribution in [0.5, 0.6) is 5.95 Å². The fourth-order valence-electron chi connectivity index (χ4n) is 1.32.